The highest BCUT2D eigenvalue weighted by Crippen LogP contribution is 2.50. The number of amides is 1. The van der Waals surface area contributed by atoms with E-state index in [0.29, 0.717) is 5.89 Å². The highest BCUT2D eigenvalue weighted by atomic mass is 32.2. The minimum atomic E-state index is -1.39. The summed E-state index contributed by atoms with van der Waals surface area (Å²) in [6.45, 7) is 5.75. The fourth-order valence-corrected chi connectivity index (χ4v) is 5.31. The molecular formula is C24H25F3N6O3S. The molecule has 1 aromatic carbocycles. The molecule has 13 heteroatoms. The molecule has 0 fully saturated rings. The van der Waals surface area contributed by atoms with Gasteiger partial charge in [0.2, 0.25) is 11.8 Å². The standard InChI is InChI=1S/C24H25F3N6O3S/c1-12-20(30-9-17(31-12)36-10-18-29-5-6-35-18)21(34)32-14-7-15(19(27)16(26)8-14)24(4)13(2)23(3,11-25)37-22(28)33-24/h5-9,13H,10-11H2,1-4H3,(H2,28,33)(H,32,34)/t13?,23-,24+/m1/s1. The molecule has 0 saturated carbocycles. The summed E-state index contributed by atoms with van der Waals surface area (Å²) < 4.78 is 53.3. The van der Waals surface area contributed by atoms with E-state index >= 15 is 4.39 Å². The van der Waals surface area contributed by atoms with E-state index in [1.807, 2.05) is 0 Å². The van der Waals surface area contributed by atoms with Crippen molar-refractivity contribution in [2.45, 2.75) is 44.6 Å². The Labute approximate surface area is 215 Å². The summed E-state index contributed by atoms with van der Waals surface area (Å²) in [6.07, 6.45) is 4.13. The van der Waals surface area contributed by atoms with Crippen LogP contribution in [0.4, 0.5) is 18.9 Å². The van der Waals surface area contributed by atoms with Crippen LogP contribution in [0.5, 0.6) is 5.88 Å². The normalized spacial score (nSPS) is 23.4. The van der Waals surface area contributed by atoms with Crippen molar-refractivity contribution < 1.29 is 27.1 Å². The second kappa shape index (κ2) is 10.0. The Morgan fingerprint density at radius 3 is 2.70 bits per heavy atom. The first-order valence-electron chi connectivity index (χ1n) is 11.2. The molecule has 3 N–H and O–H groups in total. The molecule has 1 aliphatic rings. The Morgan fingerprint density at radius 2 is 2.05 bits per heavy atom. The summed E-state index contributed by atoms with van der Waals surface area (Å²) in [7, 11) is 0. The Bertz CT molecular complexity index is 1360. The highest BCUT2D eigenvalue weighted by Gasteiger charge is 2.50. The second-order valence-electron chi connectivity index (χ2n) is 9.00. The molecule has 1 amide bonds. The number of nitrogens with zero attached hydrogens (tertiary/aromatic N) is 4. The predicted molar refractivity (Wildman–Crippen MR) is 132 cm³/mol. The quantitative estimate of drug-likeness (QED) is 0.453. The molecule has 2 aromatic heterocycles. The lowest BCUT2D eigenvalue weighted by Gasteiger charge is -2.46. The van der Waals surface area contributed by atoms with Gasteiger partial charge < -0.3 is 20.2 Å². The monoisotopic (exact) mass is 534 g/mol. The van der Waals surface area contributed by atoms with E-state index in [2.05, 4.69) is 25.3 Å². The van der Waals surface area contributed by atoms with E-state index in [1.54, 1.807) is 27.7 Å². The summed E-state index contributed by atoms with van der Waals surface area (Å²) in [5.41, 5.74) is 4.56. The van der Waals surface area contributed by atoms with E-state index in [9.17, 15) is 13.6 Å². The maximum atomic E-state index is 15.1. The minimum absolute atomic E-state index is 0.0223. The van der Waals surface area contributed by atoms with Crippen LogP contribution >= 0.6 is 11.8 Å². The van der Waals surface area contributed by atoms with Gasteiger partial charge in [0, 0.05) is 23.2 Å². The number of halogens is 3. The molecule has 37 heavy (non-hydrogen) atoms. The van der Waals surface area contributed by atoms with Crippen molar-refractivity contribution in [3.8, 4) is 5.88 Å². The molecule has 0 aliphatic carbocycles. The topological polar surface area (TPSA) is 129 Å². The van der Waals surface area contributed by atoms with Crippen LogP contribution in [0.25, 0.3) is 0 Å². The summed E-state index contributed by atoms with van der Waals surface area (Å²) in [5, 5.41) is 2.59. The zero-order valence-corrected chi connectivity index (χ0v) is 21.3. The van der Waals surface area contributed by atoms with Crippen LogP contribution in [-0.4, -0.2) is 37.4 Å². The van der Waals surface area contributed by atoms with E-state index < -0.39 is 40.4 Å². The van der Waals surface area contributed by atoms with Crippen molar-refractivity contribution >= 4 is 28.5 Å². The van der Waals surface area contributed by atoms with Gasteiger partial charge in [-0.1, -0.05) is 18.7 Å². The molecule has 1 aliphatic heterocycles. The van der Waals surface area contributed by atoms with Gasteiger partial charge in [-0.15, -0.1) is 0 Å². The van der Waals surface area contributed by atoms with Crippen molar-refractivity contribution in [3.05, 3.63) is 65.3 Å². The molecule has 4 rings (SSSR count). The third kappa shape index (κ3) is 5.13. The number of oxazole rings is 1. The van der Waals surface area contributed by atoms with Gasteiger partial charge >= 0.3 is 0 Å². The molecule has 3 aromatic rings. The molecule has 0 saturated heterocycles. The number of ether oxygens (including phenoxy) is 1. The number of thioether (sulfide) groups is 1. The third-order valence-corrected chi connectivity index (χ3v) is 7.73. The van der Waals surface area contributed by atoms with Crippen molar-refractivity contribution in [1.82, 2.24) is 15.0 Å². The Kier molecular flexibility index (Phi) is 7.18. The maximum Gasteiger partial charge on any atom is 0.276 e. The molecule has 0 bridgehead atoms. The first-order valence-corrected chi connectivity index (χ1v) is 12.0. The lowest BCUT2D eigenvalue weighted by atomic mass is 9.74. The molecular weight excluding hydrogens is 509 g/mol. The number of anilines is 1. The molecule has 1 unspecified atom stereocenters. The van der Waals surface area contributed by atoms with Gasteiger partial charge in [-0.05, 0) is 26.8 Å². The van der Waals surface area contributed by atoms with E-state index in [-0.39, 0.29) is 40.3 Å². The number of carbonyl (C=O) groups excluding carboxylic acids is 1. The molecule has 9 nitrogen and oxygen atoms in total. The lowest BCUT2D eigenvalue weighted by Crippen LogP contribution is -2.49. The average molecular weight is 535 g/mol. The number of benzene rings is 1. The number of aryl methyl sites for hydroxylation is 1. The first kappa shape index (κ1) is 26.5. The van der Waals surface area contributed by atoms with Gasteiger partial charge in [-0.25, -0.2) is 28.1 Å². The third-order valence-electron chi connectivity index (χ3n) is 6.50. The number of nitrogens with two attached hydrogens (primary N) is 1. The van der Waals surface area contributed by atoms with E-state index in [4.69, 9.17) is 14.9 Å². The average Bonchev–Trinajstić information content (AvgIpc) is 3.37. The zero-order valence-electron chi connectivity index (χ0n) is 20.5. The predicted octanol–water partition coefficient (Wildman–Crippen LogP) is 4.52. The van der Waals surface area contributed by atoms with Gasteiger partial charge in [-0.2, -0.15) is 0 Å². The molecule has 3 atom stereocenters. The highest BCUT2D eigenvalue weighted by molar-refractivity contribution is 8.15. The number of carbonyl (C=O) groups is 1. The summed E-state index contributed by atoms with van der Waals surface area (Å²) in [6, 6.07) is 2.12. The number of hydrogen-bond donors (Lipinski definition) is 2. The Balaban J connectivity index is 1.60. The van der Waals surface area contributed by atoms with Gasteiger partial charge in [0.1, 0.15) is 18.6 Å². The first-order chi connectivity index (χ1) is 17.5. The summed E-state index contributed by atoms with van der Waals surface area (Å²) in [4.78, 5) is 29.5. The number of rotatable bonds is 7. The van der Waals surface area contributed by atoms with Crippen LogP contribution in [0.2, 0.25) is 0 Å². The fourth-order valence-electron chi connectivity index (χ4n) is 4.14. The van der Waals surface area contributed by atoms with E-state index in [1.165, 1.54) is 24.7 Å². The van der Waals surface area contributed by atoms with Crippen molar-refractivity contribution in [3.63, 3.8) is 0 Å². The van der Waals surface area contributed by atoms with Gasteiger partial charge in [0.15, 0.2) is 23.4 Å². The molecule has 0 radical (unpaired) electrons. The van der Waals surface area contributed by atoms with Crippen molar-refractivity contribution in [2.24, 2.45) is 16.6 Å². The van der Waals surface area contributed by atoms with Crippen LogP contribution in [0.1, 0.15) is 48.4 Å². The van der Waals surface area contributed by atoms with Crippen LogP contribution in [0, 0.1) is 24.5 Å². The van der Waals surface area contributed by atoms with E-state index in [0.717, 1.165) is 17.8 Å². The Morgan fingerprint density at radius 1 is 1.30 bits per heavy atom. The van der Waals surface area contributed by atoms with Gasteiger partial charge in [0.25, 0.3) is 5.91 Å². The van der Waals surface area contributed by atoms with Gasteiger partial charge in [0.05, 0.1) is 28.4 Å². The number of amidine groups is 1. The van der Waals surface area contributed by atoms with Crippen molar-refractivity contribution in [2.75, 3.05) is 12.0 Å². The second-order valence-corrected chi connectivity index (χ2v) is 10.6. The number of alkyl halides is 1. The summed E-state index contributed by atoms with van der Waals surface area (Å²) in [5.74, 6) is -3.14. The number of nitrogens with one attached hydrogen (secondary N) is 1. The van der Waals surface area contributed by atoms with Crippen LogP contribution in [0.15, 0.2) is 40.2 Å². The van der Waals surface area contributed by atoms with Crippen LogP contribution < -0.4 is 15.8 Å². The molecule has 3 heterocycles. The molecule has 196 valence electrons. The smallest absolute Gasteiger partial charge is 0.276 e. The maximum absolute atomic E-state index is 15.1. The lowest BCUT2D eigenvalue weighted by molar-refractivity contribution is 0.102. The minimum Gasteiger partial charge on any atom is -0.467 e. The summed E-state index contributed by atoms with van der Waals surface area (Å²) >= 11 is 1.05. The largest absolute Gasteiger partial charge is 0.467 e. The number of hydrogen-bond acceptors (Lipinski definition) is 9. The number of aliphatic imine (C=N–C) groups is 1. The number of aromatic nitrogens is 3. The fraction of sp³-hybridized carbons (Fsp3) is 0.375. The zero-order chi connectivity index (χ0) is 27.0. The van der Waals surface area contributed by atoms with Gasteiger partial charge in [-0.3, -0.25) is 9.79 Å². The van der Waals surface area contributed by atoms with Crippen molar-refractivity contribution in [1.29, 1.82) is 0 Å². The molecule has 0 spiro atoms. The van der Waals surface area contributed by atoms with Crippen LogP contribution in [-0.2, 0) is 12.1 Å². The van der Waals surface area contributed by atoms with Crippen LogP contribution in [0.3, 0.4) is 0 Å². The SMILES string of the molecule is Cc1nc(OCc2ncco2)cnc1C(=O)Nc1cc(F)c(F)c([C@@]2(C)N=C(N)S[C@](C)(CF)C2C)c1. The Hall–Kier alpha value is -3.61.